The van der Waals surface area contributed by atoms with E-state index in [0.717, 1.165) is 12.1 Å². The molecule has 0 spiro atoms. The number of hydrogen-bond acceptors (Lipinski definition) is 1. The lowest BCUT2D eigenvalue weighted by Gasteiger charge is -2.07. The summed E-state index contributed by atoms with van der Waals surface area (Å²) >= 11 is 2.77. The third-order valence-electron chi connectivity index (χ3n) is 2.75. The smallest absolute Gasteiger partial charge is 0.199 e. The van der Waals surface area contributed by atoms with Gasteiger partial charge in [-0.2, -0.15) is 0 Å². The van der Waals surface area contributed by atoms with Crippen LogP contribution in [0.4, 0.5) is 17.6 Å². The molecular formula is C14H7BrF4O. The van der Waals surface area contributed by atoms with Gasteiger partial charge in [-0.05, 0) is 46.6 Å². The molecule has 0 saturated heterocycles. The summed E-state index contributed by atoms with van der Waals surface area (Å²) in [5.74, 6) is -4.84. The summed E-state index contributed by atoms with van der Waals surface area (Å²) in [6.07, 6.45) is 0. The van der Waals surface area contributed by atoms with E-state index in [1.165, 1.54) is 6.92 Å². The number of ketones is 1. The number of halogens is 5. The summed E-state index contributed by atoms with van der Waals surface area (Å²) in [7, 11) is 0. The second-order valence-electron chi connectivity index (χ2n) is 4.16. The second-order valence-corrected chi connectivity index (χ2v) is 5.01. The van der Waals surface area contributed by atoms with Gasteiger partial charge in [0.2, 0.25) is 0 Å². The van der Waals surface area contributed by atoms with Crippen LogP contribution in [0.2, 0.25) is 0 Å². The van der Waals surface area contributed by atoms with Crippen LogP contribution in [0.5, 0.6) is 0 Å². The summed E-state index contributed by atoms with van der Waals surface area (Å²) in [4.78, 5) is 12.0. The molecule has 1 nitrogen and oxygen atoms in total. The lowest BCUT2D eigenvalue weighted by molar-refractivity contribution is 0.103. The number of hydrogen-bond donors (Lipinski definition) is 0. The van der Waals surface area contributed by atoms with Gasteiger partial charge in [0, 0.05) is 6.07 Å². The molecule has 0 radical (unpaired) electrons. The fourth-order valence-electron chi connectivity index (χ4n) is 1.67. The van der Waals surface area contributed by atoms with Gasteiger partial charge in [-0.3, -0.25) is 4.79 Å². The summed E-state index contributed by atoms with van der Waals surface area (Å²) in [5.41, 5.74) is -1.09. The Balaban J connectivity index is 2.57. The molecule has 2 aromatic rings. The second kappa shape index (κ2) is 5.36. The Hall–Kier alpha value is -1.69. The normalized spacial score (nSPS) is 10.7. The van der Waals surface area contributed by atoms with E-state index in [0.29, 0.717) is 12.1 Å². The maximum absolute atomic E-state index is 13.7. The first-order chi connectivity index (χ1) is 9.31. The van der Waals surface area contributed by atoms with E-state index in [-0.39, 0.29) is 10.0 Å². The van der Waals surface area contributed by atoms with Crippen molar-refractivity contribution in [3.8, 4) is 0 Å². The van der Waals surface area contributed by atoms with Crippen LogP contribution in [0.25, 0.3) is 0 Å². The molecule has 0 unspecified atom stereocenters. The van der Waals surface area contributed by atoms with Crippen molar-refractivity contribution in [3.63, 3.8) is 0 Å². The van der Waals surface area contributed by atoms with Gasteiger partial charge in [-0.15, -0.1) is 0 Å². The molecule has 2 aromatic carbocycles. The molecular weight excluding hydrogens is 340 g/mol. The van der Waals surface area contributed by atoms with Crippen molar-refractivity contribution < 1.29 is 22.4 Å². The Kier molecular flexibility index (Phi) is 3.94. The number of aryl methyl sites for hydroxylation is 1. The highest BCUT2D eigenvalue weighted by atomic mass is 79.9. The molecule has 6 heteroatoms. The zero-order valence-corrected chi connectivity index (χ0v) is 11.7. The quantitative estimate of drug-likeness (QED) is 0.443. The molecule has 20 heavy (non-hydrogen) atoms. The van der Waals surface area contributed by atoms with Crippen LogP contribution in [-0.2, 0) is 0 Å². The Morgan fingerprint density at radius 3 is 2.05 bits per heavy atom. The van der Waals surface area contributed by atoms with Crippen LogP contribution in [0.1, 0.15) is 21.5 Å². The van der Waals surface area contributed by atoms with E-state index in [4.69, 9.17) is 0 Å². The topological polar surface area (TPSA) is 17.1 Å². The zero-order chi connectivity index (χ0) is 15.0. The van der Waals surface area contributed by atoms with E-state index in [1.807, 2.05) is 0 Å². The summed E-state index contributed by atoms with van der Waals surface area (Å²) in [6.45, 7) is 1.34. The molecule has 0 heterocycles. The van der Waals surface area contributed by atoms with E-state index < -0.39 is 40.2 Å². The molecule has 0 aliphatic rings. The molecule has 0 aliphatic carbocycles. The van der Waals surface area contributed by atoms with Crippen LogP contribution >= 0.6 is 15.9 Å². The van der Waals surface area contributed by atoms with Crippen molar-refractivity contribution in [2.75, 3.05) is 0 Å². The fraction of sp³-hybridized carbons (Fsp3) is 0.0714. The van der Waals surface area contributed by atoms with E-state index >= 15 is 0 Å². The Labute approximate surface area is 120 Å². The summed E-state index contributed by atoms with van der Waals surface area (Å²) in [6, 6.07) is 2.94. The number of benzene rings is 2. The minimum Gasteiger partial charge on any atom is -0.288 e. The molecule has 0 bridgehead atoms. The maximum atomic E-state index is 13.7. The molecule has 0 saturated carbocycles. The average Bonchev–Trinajstić information content (AvgIpc) is 2.37. The van der Waals surface area contributed by atoms with Gasteiger partial charge in [0.05, 0.1) is 15.6 Å². The van der Waals surface area contributed by atoms with Crippen molar-refractivity contribution in [3.05, 3.63) is 68.7 Å². The fourth-order valence-corrected chi connectivity index (χ4v) is 1.99. The van der Waals surface area contributed by atoms with Crippen molar-refractivity contribution in [2.24, 2.45) is 0 Å². The highest BCUT2D eigenvalue weighted by molar-refractivity contribution is 9.10. The SMILES string of the molecule is Cc1cc(C(=O)c2cc(F)c(Br)cc2F)c(F)cc1F. The number of carbonyl (C=O) groups excluding carboxylic acids is 1. The Morgan fingerprint density at radius 1 is 0.850 bits per heavy atom. The Morgan fingerprint density at radius 2 is 1.40 bits per heavy atom. The third kappa shape index (κ3) is 2.60. The van der Waals surface area contributed by atoms with Crippen LogP contribution in [0, 0.1) is 30.2 Å². The van der Waals surface area contributed by atoms with Crippen LogP contribution < -0.4 is 0 Å². The highest BCUT2D eigenvalue weighted by Crippen LogP contribution is 2.24. The van der Waals surface area contributed by atoms with Gasteiger partial charge < -0.3 is 0 Å². The largest absolute Gasteiger partial charge is 0.288 e. The number of carbonyl (C=O) groups is 1. The van der Waals surface area contributed by atoms with E-state index in [1.54, 1.807) is 0 Å². The molecule has 0 atom stereocenters. The van der Waals surface area contributed by atoms with Crippen molar-refractivity contribution in [2.45, 2.75) is 6.92 Å². The third-order valence-corrected chi connectivity index (χ3v) is 3.36. The van der Waals surface area contributed by atoms with Crippen LogP contribution in [-0.4, -0.2) is 5.78 Å². The highest BCUT2D eigenvalue weighted by Gasteiger charge is 2.21. The van der Waals surface area contributed by atoms with Gasteiger partial charge in [0.15, 0.2) is 5.78 Å². The molecule has 2 rings (SSSR count). The van der Waals surface area contributed by atoms with Crippen molar-refractivity contribution in [1.29, 1.82) is 0 Å². The van der Waals surface area contributed by atoms with E-state index in [2.05, 4.69) is 15.9 Å². The predicted octanol–water partition coefficient (Wildman–Crippen LogP) is 4.54. The summed E-state index contributed by atoms with van der Waals surface area (Å²) < 4.78 is 53.6. The lowest BCUT2D eigenvalue weighted by Crippen LogP contribution is -2.09. The minimum absolute atomic E-state index is 0.0349. The minimum atomic E-state index is -1.12. The first-order valence-corrected chi connectivity index (χ1v) is 6.25. The van der Waals surface area contributed by atoms with Crippen molar-refractivity contribution in [1.82, 2.24) is 0 Å². The molecule has 0 amide bonds. The van der Waals surface area contributed by atoms with Gasteiger partial charge in [-0.25, -0.2) is 17.6 Å². The first-order valence-electron chi connectivity index (χ1n) is 5.46. The van der Waals surface area contributed by atoms with Crippen LogP contribution in [0.15, 0.2) is 28.7 Å². The molecule has 0 fully saturated rings. The van der Waals surface area contributed by atoms with Crippen molar-refractivity contribution >= 4 is 21.7 Å². The first kappa shape index (κ1) is 14.7. The monoisotopic (exact) mass is 346 g/mol. The number of rotatable bonds is 2. The standard InChI is InChI=1S/C14H7BrF4O/c1-6-2-7(12(18)5-10(6)16)14(20)8-3-13(19)9(15)4-11(8)17/h2-5H,1H3. The lowest BCUT2D eigenvalue weighted by atomic mass is 10.00. The van der Waals surface area contributed by atoms with Gasteiger partial charge in [0.25, 0.3) is 0 Å². The van der Waals surface area contributed by atoms with Crippen LogP contribution in [0.3, 0.4) is 0 Å². The molecule has 0 aliphatic heterocycles. The average molecular weight is 347 g/mol. The molecule has 0 aromatic heterocycles. The van der Waals surface area contributed by atoms with Gasteiger partial charge in [0.1, 0.15) is 23.3 Å². The predicted molar refractivity (Wildman–Crippen MR) is 68.6 cm³/mol. The van der Waals surface area contributed by atoms with E-state index in [9.17, 15) is 22.4 Å². The van der Waals surface area contributed by atoms with Gasteiger partial charge >= 0.3 is 0 Å². The Bertz CT molecular complexity index is 653. The molecule has 0 N–H and O–H groups in total. The zero-order valence-electron chi connectivity index (χ0n) is 10.1. The maximum Gasteiger partial charge on any atom is 0.199 e. The van der Waals surface area contributed by atoms with Gasteiger partial charge in [-0.1, -0.05) is 0 Å². The summed E-state index contributed by atoms with van der Waals surface area (Å²) in [5, 5.41) is 0. The molecule has 104 valence electrons.